The van der Waals surface area contributed by atoms with E-state index in [0.29, 0.717) is 16.8 Å². The van der Waals surface area contributed by atoms with Crippen LogP contribution in [0.1, 0.15) is 0 Å². The predicted octanol–water partition coefficient (Wildman–Crippen LogP) is 4.54. The van der Waals surface area contributed by atoms with Crippen molar-refractivity contribution in [2.45, 2.75) is 0 Å². The Kier molecular flexibility index (Phi) is 2.75. The summed E-state index contributed by atoms with van der Waals surface area (Å²) in [5.74, 6) is 0.910. The minimum absolute atomic E-state index is 0.450. The molecule has 0 radical (unpaired) electrons. The highest BCUT2D eigenvalue weighted by atomic mass is 35.5. The first-order chi connectivity index (χ1) is 10.3. The van der Waals surface area contributed by atoms with Gasteiger partial charge in [-0.3, -0.25) is 0 Å². The Morgan fingerprint density at radius 3 is 2.62 bits per heavy atom. The first-order valence-corrected chi connectivity index (χ1v) is 6.85. The first-order valence-electron chi connectivity index (χ1n) is 6.47. The predicted molar refractivity (Wildman–Crippen MR) is 82.0 cm³/mol. The molecule has 4 nitrogen and oxygen atoms in total. The minimum Gasteiger partial charge on any atom is -0.415 e. The number of halogens is 1. The number of aromatic nitrogens is 3. The van der Waals surface area contributed by atoms with Crippen molar-refractivity contribution in [3.8, 4) is 23.0 Å². The second-order valence-electron chi connectivity index (χ2n) is 4.69. The minimum atomic E-state index is 0.450. The Morgan fingerprint density at radius 2 is 1.76 bits per heavy atom. The number of aromatic amines is 1. The van der Waals surface area contributed by atoms with Gasteiger partial charge in [-0.15, -0.1) is 10.2 Å². The number of para-hydroxylation sites is 1. The van der Waals surface area contributed by atoms with Crippen molar-refractivity contribution in [1.82, 2.24) is 15.2 Å². The average molecular weight is 296 g/mol. The van der Waals surface area contributed by atoms with Crippen LogP contribution in [0.3, 0.4) is 0 Å². The number of hydrogen-bond acceptors (Lipinski definition) is 3. The molecule has 4 rings (SSSR count). The lowest BCUT2D eigenvalue weighted by Crippen LogP contribution is -1.77. The van der Waals surface area contributed by atoms with Crippen molar-refractivity contribution in [1.29, 1.82) is 0 Å². The molecule has 5 heteroatoms. The van der Waals surface area contributed by atoms with Crippen molar-refractivity contribution in [2.24, 2.45) is 0 Å². The van der Waals surface area contributed by atoms with Gasteiger partial charge in [0, 0.05) is 21.5 Å². The highest BCUT2D eigenvalue weighted by Crippen LogP contribution is 2.27. The highest BCUT2D eigenvalue weighted by molar-refractivity contribution is 6.30. The molecule has 4 aromatic rings. The molecular weight excluding hydrogens is 286 g/mol. The van der Waals surface area contributed by atoms with Crippen LogP contribution in [0.25, 0.3) is 33.9 Å². The molecular formula is C16H10ClN3O. The SMILES string of the molecule is Clc1cccc(-c2nnc(-c3cc4ccccc4[nH]3)o2)c1. The van der Waals surface area contributed by atoms with Crippen LogP contribution in [0.5, 0.6) is 0 Å². The molecule has 0 amide bonds. The number of H-pyrrole nitrogens is 1. The van der Waals surface area contributed by atoms with E-state index < -0.39 is 0 Å². The summed E-state index contributed by atoms with van der Waals surface area (Å²) in [6.45, 7) is 0. The van der Waals surface area contributed by atoms with Gasteiger partial charge in [0.05, 0.1) is 0 Å². The van der Waals surface area contributed by atoms with Gasteiger partial charge in [-0.05, 0) is 30.3 Å². The van der Waals surface area contributed by atoms with E-state index in [1.54, 1.807) is 12.1 Å². The maximum Gasteiger partial charge on any atom is 0.264 e. The highest BCUT2D eigenvalue weighted by Gasteiger charge is 2.12. The Hall–Kier alpha value is -2.59. The fraction of sp³-hybridized carbons (Fsp3) is 0. The fourth-order valence-electron chi connectivity index (χ4n) is 2.26. The molecule has 21 heavy (non-hydrogen) atoms. The van der Waals surface area contributed by atoms with Gasteiger partial charge in [0.25, 0.3) is 5.89 Å². The Morgan fingerprint density at radius 1 is 0.905 bits per heavy atom. The fourth-order valence-corrected chi connectivity index (χ4v) is 2.45. The third kappa shape index (κ3) is 2.19. The molecule has 1 N–H and O–H groups in total. The van der Waals surface area contributed by atoms with Crippen molar-refractivity contribution < 1.29 is 4.42 Å². The van der Waals surface area contributed by atoms with E-state index in [1.807, 2.05) is 42.5 Å². The van der Waals surface area contributed by atoms with Gasteiger partial charge >= 0.3 is 0 Å². The van der Waals surface area contributed by atoms with E-state index in [1.165, 1.54) is 0 Å². The molecule has 0 aliphatic heterocycles. The van der Waals surface area contributed by atoms with Crippen LogP contribution in [0.2, 0.25) is 5.02 Å². The molecule has 0 atom stereocenters. The normalized spacial score (nSPS) is 11.1. The number of nitrogens with one attached hydrogen (secondary N) is 1. The van der Waals surface area contributed by atoms with Crippen molar-refractivity contribution >= 4 is 22.5 Å². The lowest BCUT2D eigenvalue weighted by atomic mass is 10.2. The van der Waals surface area contributed by atoms with Gasteiger partial charge in [-0.2, -0.15) is 0 Å². The summed E-state index contributed by atoms with van der Waals surface area (Å²) in [6.07, 6.45) is 0. The summed E-state index contributed by atoms with van der Waals surface area (Å²) in [5, 5.41) is 9.92. The maximum atomic E-state index is 5.98. The first kappa shape index (κ1) is 12.2. The lowest BCUT2D eigenvalue weighted by molar-refractivity contribution is 0.583. The van der Waals surface area contributed by atoms with Gasteiger partial charge < -0.3 is 9.40 Å². The van der Waals surface area contributed by atoms with Crippen molar-refractivity contribution in [2.75, 3.05) is 0 Å². The molecule has 2 heterocycles. The molecule has 0 spiro atoms. The van der Waals surface area contributed by atoms with E-state index in [0.717, 1.165) is 22.2 Å². The average Bonchev–Trinajstić information content (AvgIpc) is 3.14. The van der Waals surface area contributed by atoms with Crippen LogP contribution in [-0.4, -0.2) is 15.2 Å². The van der Waals surface area contributed by atoms with Crippen LogP contribution in [0, 0.1) is 0 Å². The van der Waals surface area contributed by atoms with Gasteiger partial charge in [-0.25, -0.2) is 0 Å². The van der Waals surface area contributed by atoms with Gasteiger partial charge in [0.15, 0.2) is 0 Å². The van der Waals surface area contributed by atoms with Gasteiger partial charge in [0.2, 0.25) is 5.89 Å². The topological polar surface area (TPSA) is 54.7 Å². The van der Waals surface area contributed by atoms with E-state index in [4.69, 9.17) is 16.0 Å². The van der Waals surface area contributed by atoms with E-state index in [2.05, 4.69) is 15.2 Å². The van der Waals surface area contributed by atoms with Crippen LogP contribution in [-0.2, 0) is 0 Å². The number of rotatable bonds is 2. The maximum absolute atomic E-state index is 5.98. The van der Waals surface area contributed by atoms with E-state index in [9.17, 15) is 0 Å². The number of fused-ring (bicyclic) bond motifs is 1. The Balaban J connectivity index is 1.77. The standard InChI is InChI=1S/C16H10ClN3O/c17-12-6-3-5-11(8-12)15-19-20-16(21-15)14-9-10-4-1-2-7-13(10)18-14/h1-9,18H. The van der Waals surface area contributed by atoms with Gasteiger partial charge in [0.1, 0.15) is 5.69 Å². The van der Waals surface area contributed by atoms with Crippen LogP contribution in [0.4, 0.5) is 0 Å². The largest absolute Gasteiger partial charge is 0.415 e. The number of nitrogens with zero attached hydrogens (tertiary/aromatic N) is 2. The number of hydrogen-bond donors (Lipinski definition) is 1. The Bertz CT molecular complexity index is 893. The zero-order valence-electron chi connectivity index (χ0n) is 10.9. The van der Waals surface area contributed by atoms with E-state index in [-0.39, 0.29) is 0 Å². The van der Waals surface area contributed by atoms with Crippen molar-refractivity contribution in [3.63, 3.8) is 0 Å². The molecule has 2 aromatic heterocycles. The molecule has 0 bridgehead atoms. The molecule has 102 valence electrons. The molecule has 0 fully saturated rings. The molecule has 0 unspecified atom stereocenters. The third-order valence-electron chi connectivity index (χ3n) is 3.26. The zero-order valence-corrected chi connectivity index (χ0v) is 11.6. The second-order valence-corrected chi connectivity index (χ2v) is 5.13. The monoisotopic (exact) mass is 295 g/mol. The quantitative estimate of drug-likeness (QED) is 0.591. The smallest absolute Gasteiger partial charge is 0.264 e. The third-order valence-corrected chi connectivity index (χ3v) is 3.49. The molecule has 0 saturated carbocycles. The van der Waals surface area contributed by atoms with Crippen LogP contribution >= 0.6 is 11.6 Å². The summed E-state index contributed by atoms with van der Waals surface area (Å²) < 4.78 is 5.73. The Labute approximate surface area is 125 Å². The summed E-state index contributed by atoms with van der Waals surface area (Å²) >= 11 is 5.98. The lowest BCUT2D eigenvalue weighted by Gasteiger charge is -1.94. The summed E-state index contributed by atoms with van der Waals surface area (Å²) in [4.78, 5) is 3.27. The number of benzene rings is 2. The summed E-state index contributed by atoms with van der Waals surface area (Å²) in [7, 11) is 0. The summed E-state index contributed by atoms with van der Waals surface area (Å²) in [6, 6.07) is 17.3. The molecule has 0 aliphatic carbocycles. The van der Waals surface area contributed by atoms with Crippen LogP contribution < -0.4 is 0 Å². The van der Waals surface area contributed by atoms with E-state index >= 15 is 0 Å². The van der Waals surface area contributed by atoms with Crippen LogP contribution in [0.15, 0.2) is 59.0 Å². The second kappa shape index (κ2) is 4.75. The molecule has 0 aliphatic rings. The van der Waals surface area contributed by atoms with Gasteiger partial charge in [-0.1, -0.05) is 35.9 Å². The molecule has 2 aromatic carbocycles. The van der Waals surface area contributed by atoms with Crippen molar-refractivity contribution in [3.05, 3.63) is 59.6 Å². The zero-order chi connectivity index (χ0) is 14.2. The molecule has 0 saturated heterocycles. The summed E-state index contributed by atoms with van der Waals surface area (Å²) in [5.41, 5.74) is 2.64.